The molecule has 2 atom stereocenters. The Morgan fingerprint density at radius 2 is 2.32 bits per heavy atom. The summed E-state index contributed by atoms with van der Waals surface area (Å²) in [5, 5.41) is 3.08. The number of benzene rings is 1. The minimum absolute atomic E-state index is 0.0802. The second-order valence-corrected chi connectivity index (χ2v) is 7.71. The van der Waals surface area contributed by atoms with E-state index in [1.807, 2.05) is 11.0 Å². The van der Waals surface area contributed by atoms with E-state index in [1.165, 1.54) is 18.2 Å². The molecule has 0 unspecified atom stereocenters. The highest BCUT2D eigenvalue weighted by molar-refractivity contribution is 8.01. The quantitative estimate of drug-likeness (QED) is 0.899. The van der Waals surface area contributed by atoms with Crippen LogP contribution in [-0.2, 0) is 9.59 Å². The molecule has 22 heavy (non-hydrogen) atoms. The molecule has 0 bridgehead atoms. The summed E-state index contributed by atoms with van der Waals surface area (Å²) >= 11 is 7.39. The van der Waals surface area contributed by atoms with Gasteiger partial charge in [0.25, 0.3) is 0 Å². The Kier molecular flexibility index (Phi) is 4.64. The van der Waals surface area contributed by atoms with Crippen molar-refractivity contribution in [3.8, 4) is 0 Å². The average molecular weight is 339 g/mol. The summed E-state index contributed by atoms with van der Waals surface area (Å²) < 4.78 is 0. The van der Waals surface area contributed by atoms with Crippen LogP contribution < -0.4 is 5.32 Å². The summed E-state index contributed by atoms with van der Waals surface area (Å²) in [7, 11) is 0. The molecule has 4 nitrogen and oxygen atoms in total. The van der Waals surface area contributed by atoms with Gasteiger partial charge in [-0.1, -0.05) is 18.5 Å². The van der Waals surface area contributed by atoms with Gasteiger partial charge in [0.2, 0.25) is 11.8 Å². The largest absolute Gasteiger partial charge is 0.342 e. The van der Waals surface area contributed by atoms with E-state index in [0.29, 0.717) is 10.9 Å². The van der Waals surface area contributed by atoms with Crippen LogP contribution in [-0.4, -0.2) is 35.1 Å². The summed E-state index contributed by atoms with van der Waals surface area (Å²) in [6.45, 7) is 3.79. The van der Waals surface area contributed by atoms with Gasteiger partial charge in [0.1, 0.15) is 0 Å². The average Bonchev–Trinajstić information content (AvgIpc) is 2.48. The zero-order chi connectivity index (χ0) is 15.7. The maximum Gasteiger partial charge on any atom is 0.238 e. The van der Waals surface area contributed by atoms with Crippen LogP contribution in [0.2, 0.25) is 5.02 Å². The molecule has 6 heteroatoms. The van der Waals surface area contributed by atoms with E-state index in [0.717, 1.165) is 30.1 Å². The lowest BCUT2D eigenvalue weighted by atomic mass is 10.00. The lowest BCUT2D eigenvalue weighted by Gasteiger charge is -2.32. The Hall–Kier alpha value is -1.20. The molecule has 3 rings (SSSR count). The smallest absolute Gasteiger partial charge is 0.238 e. The third-order valence-corrected chi connectivity index (χ3v) is 5.64. The molecule has 1 aromatic carbocycles. The number of nitrogens with zero attached hydrogens (tertiary/aromatic N) is 1. The molecule has 1 saturated heterocycles. The molecule has 118 valence electrons. The third kappa shape index (κ3) is 3.41. The van der Waals surface area contributed by atoms with Crippen molar-refractivity contribution in [2.24, 2.45) is 5.92 Å². The van der Waals surface area contributed by atoms with Crippen LogP contribution in [0.15, 0.2) is 23.1 Å². The minimum atomic E-state index is -0.363. The fourth-order valence-electron chi connectivity index (χ4n) is 2.96. The van der Waals surface area contributed by atoms with Crippen molar-refractivity contribution in [1.82, 2.24) is 4.90 Å². The first-order valence-electron chi connectivity index (χ1n) is 7.58. The number of amides is 2. The number of rotatable bonds is 2. The molecule has 0 radical (unpaired) electrons. The second-order valence-electron chi connectivity index (χ2n) is 6.03. The van der Waals surface area contributed by atoms with Crippen LogP contribution in [0.5, 0.6) is 0 Å². The number of hydrogen-bond acceptors (Lipinski definition) is 3. The summed E-state index contributed by atoms with van der Waals surface area (Å²) in [6.07, 6.45) is 2.49. The van der Waals surface area contributed by atoms with E-state index in [9.17, 15) is 9.59 Å². The van der Waals surface area contributed by atoms with E-state index >= 15 is 0 Å². The van der Waals surface area contributed by atoms with E-state index in [1.54, 1.807) is 12.1 Å². The highest BCUT2D eigenvalue weighted by Crippen LogP contribution is 2.38. The van der Waals surface area contributed by atoms with E-state index in [4.69, 9.17) is 11.6 Å². The Morgan fingerprint density at radius 3 is 3.09 bits per heavy atom. The molecule has 1 fully saturated rings. The standard InChI is InChI=1S/C16H19ClN2O2S/c1-10-3-2-6-19(9-10)15(20)8-14-16(21)18-12-7-11(17)4-5-13(12)22-14/h4-5,7,10,14H,2-3,6,8-9H2,1H3,(H,18,21)/t10-,14+/m1/s1. The molecular weight excluding hydrogens is 320 g/mol. The predicted octanol–water partition coefficient (Wildman–Crippen LogP) is 3.40. The van der Waals surface area contributed by atoms with Crippen molar-refractivity contribution in [3.63, 3.8) is 0 Å². The number of carbonyl (C=O) groups excluding carboxylic acids is 2. The van der Waals surface area contributed by atoms with E-state index < -0.39 is 0 Å². The van der Waals surface area contributed by atoms with Crippen LogP contribution in [0.25, 0.3) is 0 Å². The second kappa shape index (κ2) is 6.50. The van der Waals surface area contributed by atoms with Crippen molar-refractivity contribution in [1.29, 1.82) is 0 Å². The lowest BCUT2D eigenvalue weighted by molar-refractivity contribution is -0.134. The topological polar surface area (TPSA) is 49.4 Å². The number of halogens is 1. The van der Waals surface area contributed by atoms with Gasteiger partial charge >= 0.3 is 0 Å². The highest BCUT2D eigenvalue weighted by atomic mass is 35.5. The number of piperidine rings is 1. The number of carbonyl (C=O) groups is 2. The normalized spacial score (nSPS) is 24.6. The van der Waals surface area contributed by atoms with Crippen molar-refractivity contribution in [3.05, 3.63) is 23.2 Å². The van der Waals surface area contributed by atoms with Gasteiger partial charge in [0.15, 0.2) is 0 Å². The first-order valence-corrected chi connectivity index (χ1v) is 8.83. The predicted molar refractivity (Wildman–Crippen MR) is 89.3 cm³/mol. The molecule has 2 aliphatic heterocycles. The molecule has 1 N–H and O–H groups in total. The zero-order valence-corrected chi connectivity index (χ0v) is 14.0. The van der Waals surface area contributed by atoms with E-state index in [-0.39, 0.29) is 23.5 Å². The molecule has 2 heterocycles. The zero-order valence-electron chi connectivity index (χ0n) is 12.5. The first kappa shape index (κ1) is 15.7. The molecule has 1 aromatic rings. The number of fused-ring (bicyclic) bond motifs is 1. The summed E-state index contributed by atoms with van der Waals surface area (Å²) in [4.78, 5) is 27.5. The third-order valence-electron chi connectivity index (χ3n) is 4.13. The Bertz CT molecular complexity index is 608. The van der Waals surface area contributed by atoms with Gasteiger partial charge in [-0.2, -0.15) is 0 Å². The molecule has 0 aromatic heterocycles. The van der Waals surface area contributed by atoms with Crippen molar-refractivity contribution in [2.45, 2.75) is 36.3 Å². The maximum atomic E-state index is 12.4. The van der Waals surface area contributed by atoms with Gasteiger partial charge in [0, 0.05) is 29.4 Å². The Balaban J connectivity index is 1.67. The van der Waals surface area contributed by atoms with Crippen LogP contribution in [0, 0.1) is 5.92 Å². The number of anilines is 1. The van der Waals surface area contributed by atoms with Gasteiger partial charge in [-0.25, -0.2) is 0 Å². The van der Waals surface area contributed by atoms with Gasteiger partial charge < -0.3 is 10.2 Å². The lowest BCUT2D eigenvalue weighted by Crippen LogP contribution is -2.42. The SMILES string of the molecule is C[C@@H]1CCCN(C(=O)C[C@@H]2Sc3ccc(Cl)cc3NC2=O)C1. The fourth-order valence-corrected chi connectivity index (χ4v) is 4.21. The van der Waals surface area contributed by atoms with Crippen molar-refractivity contribution >= 4 is 40.9 Å². The van der Waals surface area contributed by atoms with Crippen molar-refractivity contribution < 1.29 is 9.59 Å². The molecule has 0 saturated carbocycles. The van der Waals surface area contributed by atoms with Crippen LogP contribution in [0.1, 0.15) is 26.2 Å². The van der Waals surface area contributed by atoms with Gasteiger partial charge in [-0.3, -0.25) is 9.59 Å². The van der Waals surface area contributed by atoms with Crippen molar-refractivity contribution in [2.75, 3.05) is 18.4 Å². The van der Waals surface area contributed by atoms with Gasteiger partial charge in [-0.05, 0) is 37.0 Å². The number of thioether (sulfide) groups is 1. The van der Waals surface area contributed by atoms with Crippen LogP contribution in [0.3, 0.4) is 0 Å². The monoisotopic (exact) mass is 338 g/mol. The molecule has 0 spiro atoms. The van der Waals surface area contributed by atoms with Crippen LogP contribution in [0.4, 0.5) is 5.69 Å². The summed E-state index contributed by atoms with van der Waals surface area (Å²) in [5.41, 5.74) is 0.734. The molecular formula is C16H19ClN2O2S. The Morgan fingerprint density at radius 1 is 1.50 bits per heavy atom. The van der Waals surface area contributed by atoms with Gasteiger partial charge in [-0.15, -0.1) is 11.8 Å². The fraction of sp³-hybridized carbons (Fsp3) is 0.500. The molecule has 0 aliphatic carbocycles. The van der Waals surface area contributed by atoms with Gasteiger partial charge in [0.05, 0.1) is 10.9 Å². The first-order chi connectivity index (χ1) is 10.5. The molecule has 2 amide bonds. The summed E-state index contributed by atoms with van der Waals surface area (Å²) in [6, 6.07) is 5.43. The number of hydrogen-bond donors (Lipinski definition) is 1. The number of nitrogens with one attached hydrogen (secondary N) is 1. The van der Waals surface area contributed by atoms with Crippen LogP contribution >= 0.6 is 23.4 Å². The highest BCUT2D eigenvalue weighted by Gasteiger charge is 2.31. The Labute approximate surface area is 139 Å². The minimum Gasteiger partial charge on any atom is -0.342 e. The number of likely N-dealkylation sites (tertiary alicyclic amines) is 1. The molecule has 2 aliphatic rings. The maximum absolute atomic E-state index is 12.4. The van der Waals surface area contributed by atoms with E-state index in [2.05, 4.69) is 12.2 Å². The summed E-state index contributed by atoms with van der Waals surface area (Å²) in [5.74, 6) is 0.517.